The van der Waals surface area contributed by atoms with Crippen molar-refractivity contribution in [2.75, 3.05) is 13.2 Å². The molecule has 17 heavy (non-hydrogen) atoms. The third-order valence-electron chi connectivity index (χ3n) is 2.61. The summed E-state index contributed by atoms with van der Waals surface area (Å²) in [6, 6.07) is 7.21. The number of hydrogen-bond acceptors (Lipinski definition) is 3. The maximum atomic E-state index is 11.4. The van der Waals surface area contributed by atoms with Crippen LogP contribution in [0.1, 0.15) is 43.0 Å². The van der Waals surface area contributed by atoms with Crippen LogP contribution in [0.15, 0.2) is 24.3 Å². The maximum absolute atomic E-state index is 11.4. The molecule has 0 amide bonds. The second-order valence-corrected chi connectivity index (χ2v) is 4.06. The number of benzene rings is 1. The molecule has 0 aliphatic heterocycles. The lowest BCUT2D eigenvalue weighted by Crippen LogP contribution is -2.13. The quantitative estimate of drug-likeness (QED) is 0.557. The normalized spacial score (nSPS) is 10.2. The van der Waals surface area contributed by atoms with Gasteiger partial charge in [-0.3, -0.25) is 4.79 Å². The third-order valence-corrected chi connectivity index (χ3v) is 2.61. The first-order valence-corrected chi connectivity index (χ1v) is 6.24. The molecule has 1 aromatic carbocycles. The molecule has 0 aliphatic carbocycles. The van der Waals surface area contributed by atoms with Crippen molar-refractivity contribution in [1.82, 2.24) is 0 Å². The predicted octanol–water partition coefficient (Wildman–Crippen LogP) is 2.79. The lowest BCUT2D eigenvalue weighted by atomic mass is 10.1. The molecule has 0 bridgehead atoms. The molecular formula is C14H21NO2. The van der Waals surface area contributed by atoms with Crippen molar-refractivity contribution in [3.05, 3.63) is 29.8 Å². The molecule has 0 saturated heterocycles. The van der Waals surface area contributed by atoms with Gasteiger partial charge in [0, 0.05) is 5.56 Å². The minimum absolute atomic E-state index is 0.0416. The van der Waals surface area contributed by atoms with Gasteiger partial charge in [0.05, 0.1) is 13.2 Å². The molecule has 3 nitrogen and oxygen atoms in total. The number of unbranched alkanes of at least 4 members (excludes halogenated alkanes) is 3. The smallest absolute Gasteiger partial charge is 0.176 e. The number of rotatable bonds is 8. The van der Waals surface area contributed by atoms with Crippen molar-refractivity contribution >= 4 is 5.78 Å². The fourth-order valence-corrected chi connectivity index (χ4v) is 1.60. The highest BCUT2D eigenvalue weighted by Gasteiger charge is 2.04. The minimum Gasteiger partial charge on any atom is -0.494 e. The highest BCUT2D eigenvalue weighted by molar-refractivity contribution is 5.97. The van der Waals surface area contributed by atoms with E-state index in [-0.39, 0.29) is 12.3 Å². The van der Waals surface area contributed by atoms with Crippen molar-refractivity contribution in [1.29, 1.82) is 0 Å². The second-order valence-electron chi connectivity index (χ2n) is 4.06. The Hall–Kier alpha value is -1.35. The molecule has 0 unspecified atom stereocenters. The van der Waals surface area contributed by atoms with Gasteiger partial charge in [0.25, 0.3) is 0 Å². The summed E-state index contributed by atoms with van der Waals surface area (Å²) < 4.78 is 5.59. The number of hydrogen-bond donors (Lipinski definition) is 1. The van der Waals surface area contributed by atoms with Crippen molar-refractivity contribution < 1.29 is 9.53 Å². The summed E-state index contributed by atoms with van der Waals surface area (Å²) in [5.74, 6) is 0.697. The summed E-state index contributed by atoms with van der Waals surface area (Å²) in [7, 11) is 0. The van der Waals surface area contributed by atoms with Gasteiger partial charge in [0.1, 0.15) is 5.75 Å². The average Bonchev–Trinajstić information content (AvgIpc) is 2.38. The second kappa shape index (κ2) is 7.85. The van der Waals surface area contributed by atoms with E-state index in [1.807, 2.05) is 12.1 Å². The van der Waals surface area contributed by atoms with Crippen molar-refractivity contribution in [2.45, 2.75) is 32.6 Å². The van der Waals surface area contributed by atoms with E-state index in [9.17, 15) is 4.79 Å². The van der Waals surface area contributed by atoms with Crippen LogP contribution >= 0.6 is 0 Å². The number of ketones is 1. The monoisotopic (exact) mass is 235 g/mol. The van der Waals surface area contributed by atoms with Gasteiger partial charge < -0.3 is 10.5 Å². The number of Topliss-reactive ketones (excluding diaryl/α,β-unsaturated/α-hetero) is 1. The molecule has 0 atom stereocenters. The van der Waals surface area contributed by atoms with E-state index in [1.54, 1.807) is 12.1 Å². The number of carbonyl (C=O) groups excluding carboxylic acids is 1. The van der Waals surface area contributed by atoms with Crippen LogP contribution in [-0.2, 0) is 0 Å². The summed E-state index contributed by atoms with van der Waals surface area (Å²) >= 11 is 0. The van der Waals surface area contributed by atoms with Gasteiger partial charge in [0.2, 0.25) is 0 Å². The zero-order chi connectivity index (χ0) is 12.5. The van der Waals surface area contributed by atoms with Crippen LogP contribution in [0, 0.1) is 0 Å². The van der Waals surface area contributed by atoms with Crippen LogP contribution in [0.2, 0.25) is 0 Å². The van der Waals surface area contributed by atoms with E-state index >= 15 is 0 Å². The van der Waals surface area contributed by atoms with Crippen LogP contribution in [0.5, 0.6) is 5.75 Å². The highest BCUT2D eigenvalue weighted by atomic mass is 16.5. The Labute approximate surface area is 103 Å². The van der Waals surface area contributed by atoms with Crippen LogP contribution in [0.25, 0.3) is 0 Å². The SMILES string of the molecule is CCCCCCOc1cccc(C(=O)CN)c1. The molecule has 0 aromatic heterocycles. The zero-order valence-corrected chi connectivity index (χ0v) is 10.4. The topological polar surface area (TPSA) is 52.3 Å². The zero-order valence-electron chi connectivity index (χ0n) is 10.4. The molecule has 0 heterocycles. The van der Waals surface area contributed by atoms with Crippen molar-refractivity contribution in [2.24, 2.45) is 5.73 Å². The first-order chi connectivity index (χ1) is 8.27. The van der Waals surface area contributed by atoms with Crippen LogP contribution in [0.3, 0.4) is 0 Å². The Morgan fingerprint density at radius 3 is 2.82 bits per heavy atom. The lowest BCUT2D eigenvalue weighted by molar-refractivity contribution is 0.100. The fraction of sp³-hybridized carbons (Fsp3) is 0.500. The number of ether oxygens (including phenoxy) is 1. The van der Waals surface area contributed by atoms with Gasteiger partial charge in [0.15, 0.2) is 5.78 Å². The van der Waals surface area contributed by atoms with Gasteiger partial charge in [-0.2, -0.15) is 0 Å². The van der Waals surface area contributed by atoms with Crippen LogP contribution in [0.4, 0.5) is 0 Å². The van der Waals surface area contributed by atoms with E-state index in [4.69, 9.17) is 10.5 Å². The largest absolute Gasteiger partial charge is 0.494 e. The standard InChI is InChI=1S/C14H21NO2/c1-2-3-4-5-9-17-13-8-6-7-12(10-13)14(16)11-15/h6-8,10H,2-5,9,11,15H2,1H3. The summed E-state index contributed by atoms with van der Waals surface area (Å²) in [5.41, 5.74) is 5.94. The Morgan fingerprint density at radius 1 is 1.29 bits per heavy atom. The van der Waals surface area contributed by atoms with Crippen molar-refractivity contribution in [3.8, 4) is 5.75 Å². The molecule has 0 fully saturated rings. The highest BCUT2D eigenvalue weighted by Crippen LogP contribution is 2.14. The Morgan fingerprint density at radius 2 is 2.12 bits per heavy atom. The fourth-order valence-electron chi connectivity index (χ4n) is 1.60. The molecule has 3 heteroatoms. The van der Waals surface area contributed by atoms with E-state index in [2.05, 4.69) is 6.92 Å². The van der Waals surface area contributed by atoms with Gasteiger partial charge in [-0.15, -0.1) is 0 Å². The van der Waals surface area contributed by atoms with E-state index in [1.165, 1.54) is 19.3 Å². The Balaban J connectivity index is 2.40. The summed E-state index contributed by atoms with van der Waals surface area (Å²) in [4.78, 5) is 11.4. The Kier molecular flexibility index (Phi) is 6.33. The summed E-state index contributed by atoms with van der Waals surface area (Å²) in [6.45, 7) is 2.93. The number of carbonyl (C=O) groups is 1. The van der Waals surface area contributed by atoms with Gasteiger partial charge in [-0.05, 0) is 18.6 Å². The number of nitrogens with two attached hydrogens (primary N) is 1. The summed E-state index contributed by atoms with van der Waals surface area (Å²) in [5, 5.41) is 0. The Bertz CT molecular complexity index is 350. The van der Waals surface area contributed by atoms with Gasteiger partial charge in [-0.25, -0.2) is 0 Å². The molecule has 0 spiro atoms. The van der Waals surface area contributed by atoms with E-state index in [0.717, 1.165) is 12.2 Å². The van der Waals surface area contributed by atoms with Gasteiger partial charge in [-0.1, -0.05) is 38.3 Å². The van der Waals surface area contributed by atoms with Crippen LogP contribution < -0.4 is 10.5 Å². The van der Waals surface area contributed by atoms with Gasteiger partial charge >= 0.3 is 0 Å². The lowest BCUT2D eigenvalue weighted by Gasteiger charge is -2.07. The third kappa shape index (κ3) is 5.00. The van der Waals surface area contributed by atoms with Crippen molar-refractivity contribution in [3.63, 3.8) is 0 Å². The molecule has 0 saturated carbocycles. The molecule has 0 aliphatic rings. The molecule has 1 aromatic rings. The van der Waals surface area contributed by atoms with Crippen LogP contribution in [-0.4, -0.2) is 18.9 Å². The average molecular weight is 235 g/mol. The predicted molar refractivity (Wildman–Crippen MR) is 69.5 cm³/mol. The molecule has 94 valence electrons. The molecule has 1 rings (SSSR count). The van der Waals surface area contributed by atoms with E-state index < -0.39 is 0 Å². The van der Waals surface area contributed by atoms with E-state index in [0.29, 0.717) is 12.2 Å². The molecular weight excluding hydrogens is 214 g/mol. The minimum atomic E-state index is -0.0542. The summed E-state index contributed by atoms with van der Waals surface area (Å²) in [6.07, 6.45) is 4.72. The first-order valence-electron chi connectivity index (χ1n) is 6.24. The molecule has 0 radical (unpaired) electrons. The first kappa shape index (κ1) is 13.7. The maximum Gasteiger partial charge on any atom is 0.176 e. The molecule has 2 N–H and O–H groups in total.